The maximum atomic E-state index is 15.6. The van der Waals surface area contributed by atoms with Gasteiger partial charge in [0.15, 0.2) is 17.4 Å². The van der Waals surface area contributed by atoms with Crippen LogP contribution in [0.25, 0.3) is 21.8 Å². The van der Waals surface area contributed by atoms with Gasteiger partial charge in [0.2, 0.25) is 5.91 Å². The molecule has 18 nitrogen and oxygen atoms in total. The van der Waals surface area contributed by atoms with Gasteiger partial charge >= 0.3 is 16.2 Å². The zero-order valence-electron chi connectivity index (χ0n) is 34.3. The van der Waals surface area contributed by atoms with Gasteiger partial charge in [-0.1, -0.05) is 6.92 Å². The first-order valence-corrected chi connectivity index (χ1v) is 21.7. The van der Waals surface area contributed by atoms with Gasteiger partial charge in [0.25, 0.3) is 5.56 Å². The summed E-state index contributed by atoms with van der Waals surface area (Å²) in [6, 6.07) is 10.7. The highest BCUT2D eigenvalue weighted by Crippen LogP contribution is 2.37. The smallest absolute Gasteiger partial charge is 0.329 e. The zero-order chi connectivity index (χ0) is 43.9. The quantitative estimate of drug-likeness (QED) is 0.193. The summed E-state index contributed by atoms with van der Waals surface area (Å²) in [4.78, 5) is 48.3. The Morgan fingerprint density at radius 3 is 2.63 bits per heavy atom. The fraction of sp³-hybridized carbons (Fsp3) is 0.415. The summed E-state index contributed by atoms with van der Waals surface area (Å²) in [5.41, 5.74) is 0.614. The normalized spacial score (nSPS) is 18.3. The van der Waals surface area contributed by atoms with Gasteiger partial charge < -0.3 is 19.3 Å². The number of amides is 3. The molecule has 3 saturated heterocycles. The minimum atomic E-state index is -4.03. The van der Waals surface area contributed by atoms with E-state index in [0.29, 0.717) is 60.6 Å². The predicted molar refractivity (Wildman–Crippen MR) is 225 cm³/mol. The number of aromatic nitrogens is 4. The van der Waals surface area contributed by atoms with E-state index in [0.717, 1.165) is 35.9 Å². The van der Waals surface area contributed by atoms with E-state index in [1.807, 2.05) is 11.0 Å². The lowest BCUT2D eigenvalue weighted by molar-refractivity contribution is -0.120. The number of nitriles is 1. The van der Waals surface area contributed by atoms with Gasteiger partial charge in [-0.25, -0.2) is 18.6 Å². The van der Waals surface area contributed by atoms with Crippen LogP contribution in [0, 0.1) is 28.9 Å². The number of benzene rings is 3. The average molecular weight is 874 g/mol. The summed E-state index contributed by atoms with van der Waals surface area (Å²) >= 11 is 0. The van der Waals surface area contributed by atoms with Gasteiger partial charge in [0.05, 0.1) is 53.4 Å². The Kier molecular flexibility index (Phi) is 11.8. The fourth-order valence-electron chi connectivity index (χ4n) is 8.06. The van der Waals surface area contributed by atoms with Crippen molar-refractivity contribution in [3.8, 4) is 17.6 Å². The molecule has 0 bridgehead atoms. The highest BCUT2D eigenvalue weighted by molar-refractivity contribution is 7.90. The third kappa shape index (κ3) is 8.37. The third-order valence-electron chi connectivity index (χ3n) is 11.6. The summed E-state index contributed by atoms with van der Waals surface area (Å²) in [7, 11) is -0.937. The molecule has 8 rings (SSSR count). The zero-order valence-corrected chi connectivity index (χ0v) is 35.1. The number of rotatable bonds is 11. The Morgan fingerprint density at radius 2 is 1.87 bits per heavy atom. The number of halogens is 2. The lowest BCUT2D eigenvalue weighted by Crippen LogP contribution is -2.52. The van der Waals surface area contributed by atoms with E-state index in [9.17, 15) is 28.1 Å². The van der Waals surface area contributed by atoms with E-state index in [2.05, 4.69) is 25.0 Å². The second kappa shape index (κ2) is 17.3. The first kappa shape index (κ1) is 42.5. The predicted octanol–water partition coefficient (Wildman–Crippen LogP) is 4.07. The van der Waals surface area contributed by atoms with Crippen LogP contribution in [0.1, 0.15) is 37.8 Å². The molecule has 2 N–H and O–H groups in total. The monoisotopic (exact) mass is 873 g/mol. The minimum absolute atomic E-state index is 0.0449. The van der Waals surface area contributed by atoms with Crippen molar-refractivity contribution < 1.29 is 36.3 Å². The van der Waals surface area contributed by atoms with Gasteiger partial charge in [0, 0.05) is 71.1 Å². The lowest BCUT2D eigenvalue weighted by Gasteiger charge is -2.43. The average Bonchev–Trinajstić information content (AvgIpc) is 3.59. The van der Waals surface area contributed by atoms with Crippen LogP contribution in [-0.2, 0) is 26.8 Å². The van der Waals surface area contributed by atoms with Gasteiger partial charge in [-0.15, -0.1) is 0 Å². The topological polar surface area (TPSA) is 200 Å². The third-order valence-corrected chi connectivity index (χ3v) is 13.1. The van der Waals surface area contributed by atoms with Crippen LogP contribution in [0.15, 0.2) is 53.6 Å². The number of aryl methyl sites for hydroxylation is 1. The first-order valence-electron chi connectivity index (χ1n) is 20.2. The molecule has 0 saturated carbocycles. The maximum Gasteiger partial charge on any atom is 0.329 e. The molecule has 0 unspecified atom stereocenters. The Balaban J connectivity index is 0.905. The number of nitrogens with zero attached hydrogens (tertiary/aromatic N) is 9. The summed E-state index contributed by atoms with van der Waals surface area (Å²) in [6.07, 6.45) is 3.01. The summed E-state index contributed by atoms with van der Waals surface area (Å²) in [5, 5.41) is 17.4. The molecule has 326 valence electrons. The summed E-state index contributed by atoms with van der Waals surface area (Å²) in [5.74, 6) is -1.55. The molecule has 0 radical (unpaired) electrons. The molecule has 5 aromatic rings. The highest BCUT2D eigenvalue weighted by atomic mass is 32.2. The molecule has 3 fully saturated rings. The highest BCUT2D eigenvalue weighted by Gasteiger charge is 2.33. The van der Waals surface area contributed by atoms with E-state index >= 15 is 8.78 Å². The molecule has 0 spiro atoms. The van der Waals surface area contributed by atoms with E-state index in [4.69, 9.17) is 9.47 Å². The number of carbonyl (C=O) groups excluding carboxylic acids is 2. The molecule has 3 amide bonds. The molecular formula is C41H45F2N11O7S. The van der Waals surface area contributed by atoms with E-state index in [1.54, 1.807) is 30.8 Å². The second-order valence-electron chi connectivity index (χ2n) is 15.6. The minimum Gasteiger partial charge on any atom is -0.453 e. The molecule has 21 heteroatoms. The molecule has 2 aromatic heterocycles. The van der Waals surface area contributed by atoms with E-state index in [-0.39, 0.29) is 71.9 Å². The summed E-state index contributed by atoms with van der Waals surface area (Å²) in [6.45, 7) is 6.20. The molecular weight excluding hydrogens is 829 g/mol. The van der Waals surface area contributed by atoms with Crippen LogP contribution in [0.3, 0.4) is 0 Å². The molecule has 3 aromatic carbocycles. The van der Waals surface area contributed by atoms with Crippen molar-refractivity contribution in [2.45, 2.75) is 32.2 Å². The molecule has 0 aliphatic carbocycles. The lowest BCUT2D eigenvalue weighted by atomic mass is 9.97. The standard InChI is InChI=1S/C41H45F2N11O7S/c1-4-49(2)62(58,59)48-34-10-8-31(42)38(30(34)19-44)61-27-7-9-33-28(16-27)40(56)54(24-45-33)26-6-5-12-51(14-15-60-23-26)20-25-21-52(22-25)36-18-35-29(17-32(36)43)39(47-50(35)3)53-13-11-37(55)46-41(53)57/h7-10,16-18,24-26,48H,4-6,11-15,20-23H2,1-3H3,(H,46,55,57)/t26-/m1/s1. The first-order chi connectivity index (χ1) is 29.7. The van der Waals surface area contributed by atoms with Crippen molar-refractivity contribution in [3.63, 3.8) is 0 Å². The van der Waals surface area contributed by atoms with Crippen LogP contribution in [0.4, 0.5) is 30.8 Å². The van der Waals surface area contributed by atoms with Crippen molar-refractivity contribution in [1.29, 1.82) is 5.26 Å². The van der Waals surface area contributed by atoms with E-state index in [1.165, 1.54) is 41.0 Å². The van der Waals surface area contributed by atoms with Crippen LogP contribution < -0.4 is 30.1 Å². The number of hydrogen-bond acceptors (Lipinski definition) is 12. The SMILES string of the molecule is CCN(C)S(=O)(=O)Nc1ccc(F)c(Oc2ccc3ncn([C@@H]4CCCN(CC5CN(c6cc7c(cc6F)c(N6CCC(=O)NC6=O)nn7C)C5)CCOC4)c(=O)c3c2)c1C#N. The Labute approximate surface area is 355 Å². The Hall–Kier alpha value is -6.21. The number of carbonyl (C=O) groups is 2. The number of nitrogens with one attached hydrogen (secondary N) is 2. The number of anilines is 3. The van der Waals surface area contributed by atoms with Crippen LogP contribution in [-0.4, -0.2) is 115 Å². The van der Waals surface area contributed by atoms with Crippen molar-refractivity contribution >= 4 is 61.1 Å². The Morgan fingerprint density at radius 1 is 1.06 bits per heavy atom. The number of hydrogen-bond donors (Lipinski definition) is 2. The van der Waals surface area contributed by atoms with Crippen molar-refractivity contribution in [2.75, 3.05) is 80.6 Å². The second-order valence-corrected chi connectivity index (χ2v) is 17.4. The van der Waals surface area contributed by atoms with Gasteiger partial charge in [-0.05, 0) is 61.9 Å². The molecule has 3 aliphatic rings. The molecule has 3 aliphatic heterocycles. The van der Waals surface area contributed by atoms with Crippen LogP contribution >= 0.6 is 0 Å². The maximum absolute atomic E-state index is 15.6. The van der Waals surface area contributed by atoms with Gasteiger partial charge in [0.1, 0.15) is 23.2 Å². The van der Waals surface area contributed by atoms with Crippen LogP contribution in [0.5, 0.6) is 11.5 Å². The van der Waals surface area contributed by atoms with Crippen LogP contribution in [0.2, 0.25) is 0 Å². The van der Waals surface area contributed by atoms with Gasteiger partial charge in [-0.3, -0.25) is 33.8 Å². The fourth-order valence-corrected chi connectivity index (χ4v) is 9.00. The van der Waals surface area contributed by atoms with E-state index < -0.39 is 33.6 Å². The van der Waals surface area contributed by atoms with Crippen molar-refractivity contribution in [3.05, 3.63) is 76.3 Å². The van der Waals surface area contributed by atoms with Crippen molar-refractivity contribution in [2.24, 2.45) is 13.0 Å². The number of imide groups is 1. The van der Waals surface area contributed by atoms with Gasteiger partial charge in [-0.2, -0.15) is 23.1 Å². The molecule has 62 heavy (non-hydrogen) atoms. The molecule has 5 heterocycles. The molecule has 1 atom stereocenters. The number of ether oxygens (including phenoxy) is 2. The Bertz CT molecular complexity index is 2790. The largest absolute Gasteiger partial charge is 0.453 e. The number of urea groups is 1. The summed E-state index contributed by atoms with van der Waals surface area (Å²) < 4.78 is 74.4. The van der Waals surface area contributed by atoms with Crippen molar-refractivity contribution in [1.82, 2.24) is 33.9 Å². The number of fused-ring (bicyclic) bond motifs is 2.